The van der Waals surface area contributed by atoms with Crippen LogP contribution in [0.15, 0.2) is 54.6 Å². The van der Waals surface area contributed by atoms with E-state index >= 15 is 0 Å². The maximum atomic E-state index is 12.4. The molecule has 0 aliphatic heterocycles. The summed E-state index contributed by atoms with van der Waals surface area (Å²) in [6.45, 7) is -0.675. The average Bonchev–Trinajstić information content (AvgIpc) is 2.72. The highest BCUT2D eigenvalue weighted by Gasteiger charge is 2.25. The van der Waals surface area contributed by atoms with Crippen LogP contribution in [-0.4, -0.2) is 41.7 Å². The maximum Gasteiger partial charge on any atom is 0.408 e. The Hall–Kier alpha value is -3.10. The number of nitrogens with one attached hydrogen (secondary N) is 2. The first-order chi connectivity index (χ1) is 13.9. The zero-order valence-corrected chi connectivity index (χ0v) is 16.3. The van der Waals surface area contributed by atoms with E-state index in [0.717, 1.165) is 11.1 Å². The first-order valence-electron chi connectivity index (χ1n) is 8.81. The normalized spacial score (nSPS) is 12.5. The molecule has 0 spiro atoms. The summed E-state index contributed by atoms with van der Waals surface area (Å²) in [7, 11) is 0. The number of aliphatic hydroxyl groups is 1. The van der Waals surface area contributed by atoms with Gasteiger partial charge in [0.2, 0.25) is 11.8 Å². The number of primary amides is 1. The summed E-state index contributed by atoms with van der Waals surface area (Å²) in [6, 6.07) is 13.3. The van der Waals surface area contributed by atoms with Crippen LogP contribution in [0.25, 0.3) is 0 Å². The quantitative estimate of drug-likeness (QED) is 0.484. The molecular weight excluding hydrogens is 398 g/mol. The highest BCUT2D eigenvalue weighted by molar-refractivity contribution is 6.30. The molecule has 9 heteroatoms. The van der Waals surface area contributed by atoms with E-state index in [-0.39, 0.29) is 13.0 Å². The summed E-state index contributed by atoms with van der Waals surface area (Å²) in [6.07, 6.45) is -0.745. The van der Waals surface area contributed by atoms with Gasteiger partial charge in [-0.05, 0) is 23.3 Å². The van der Waals surface area contributed by atoms with E-state index in [1.807, 2.05) is 6.07 Å². The van der Waals surface area contributed by atoms with Crippen LogP contribution in [-0.2, 0) is 27.4 Å². The van der Waals surface area contributed by atoms with Gasteiger partial charge in [-0.1, -0.05) is 54.1 Å². The molecule has 29 heavy (non-hydrogen) atoms. The van der Waals surface area contributed by atoms with Gasteiger partial charge in [-0.15, -0.1) is 0 Å². The van der Waals surface area contributed by atoms with Gasteiger partial charge < -0.3 is 26.2 Å². The first kappa shape index (κ1) is 22.2. The molecule has 2 rings (SSSR count). The Kier molecular flexibility index (Phi) is 8.45. The monoisotopic (exact) mass is 419 g/mol. The Morgan fingerprint density at radius 3 is 2.21 bits per heavy atom. The molecule has 2 atom stereocenters. The summed E-state index contributed by atoms with van der Waals surface area (Å²) in [5.41, 5.74) is 6.86. The van der Waals surface area contributed by atoms with Gasteiger partial charge in [-0.25, -0.2) is 4.79 Å². The molecule has 8 nitrogen and oxygen atoms in total. The molecule has 0 fully saturated rings. The Bertz CT molecular complexity index is 830. The number of amides is 3. The number of ether oxygens (including phenoxy) is 1. The van der Waals surface area contributed by atoms with Crippen molar-refractivity contribution in [2.75, 3.05) is 6.61 Å². The summed E-state index contributed by atoms with van der Waals surface area (Å²) in [5.74, 6) is -1.52. The van der Waals surface area contributed by atoms with Crippen molar-refractivity contribution < 1.29 is 24.2 Å². The highest BCUT2D eigenvalue weighted by atomic mass is 35.5. The van der Waals surface area contributed by atoms with E-state index in [4.69, 9.17) is 22.1 Å². The molecule has 5 N–H and O–H groups in total. The average molecular weight is 420 g/mol. The second-order valence-electron chi connectivity index (χ2n) is 6.24. The number of aliphatic hydroxyl groups excluding tert-OH is 1. The molecule has 0 radical (unpaired) electrons. The van der Waals surface area contributed by atoms with Crippen molar-refractivity contribution in [3.63, 3.8) is 0 Å². The fraction of sp³-hybridized carbons (Fsp3) is 0.250. The number of carbonyl (C=O) groups is 3. The van der Waals surface area contributed by atoms with Crippen LogP contribution in [0.5, 0.6) is 0 Å². The molecule has 0 bridgehead atoms. The molecule has 0 saturated carbocycles. The van der Waals surface area contributed by atoms with Gasteiger partial charge in [-0.3, -0.25) is 9.59 Å². The van der Waals surface area contributed by atoms with Crippen LogP contribution >= 0.6 is 11.6 Å². The standard InChI is InChI=1S/C20H22ClN3O5/c21-15-8-6-13(7-9-15)10-16(18(22)26)23-19(27)17(11-25)24-20(28)29-12-14-4-2-1-3-5-14/h1-9,16-17,25H,10-12H2,(H2,22,26)(H,23,27)(H,24,28)/t16-,17+/m1/s1. The molecular formula is C20H22ClN3O5. The van der Waals surface area contributed by atoms with Crippen molar-refractivity contribution in [2.24, 2.45) is 5.73 Å². The zero-order valence-electron chi connectivity index (χ0n) is 15.5. The van der Waals surface area contributed by atoms with Crippen molar-refractivity contribution in [3.8, 4) is 0 Å². The van der Waals surface area contributed by atoms with E-state index < -0.39 is 36.6 Å². The number of nitrogens with two attached hydrogens (primary N) is 1. The number of alkyl carbamates (subject to hydrolysis) is 1. The molecule has 0 aliphatic carbocycles. The SMILES string of the molecule is NC(=O)[C@@H](Cc1ccc(Cl)cc1)NC(=O)[C@H](CO)NC(=O)OCc1ccccc1. The van der Waals surface area contributed by atoms with E-state index in [1.165, 1.54) is 0 Å². The Morgan fingerprint density at radius 2 is 1.62 bits per heavy atom. The molecule has 2 aromatic rings. The van der Waals surface area contributed by atoms with Gasteiger partial charge >= 0.3 is 6.09 Å². The molecule has 0 aliphatic rings. The van der Waals surface area contributed by atoms with Gasteiger partial charge in [-0.2, -0.15) is 0 Å². The summed E-state index contributed by atoms with van der Waals surface area (Å²) >= 11 is 5.83. The van der Waals surface area contributed by atoms with Crippen molar-refractivity contribution in [3.05, 3.63) is 70.7 Å². The number of benzene rings is 2. The number of rotatable bonds is 9. The fourth-order valence-corrected chi connectivity index (χ4v) is 2.58. The third-order valence-corrected chi connectivity index (χ3v) is 4.27. The van der Waals surface area contributed by atoms with E-state index in [1.54, 1.807) is 48.5 Å². The van der Waals surface area contributed by atoms with E-state index in [2.05, 4.69) is 10.6 Å². The maximum absolute atomic E-state index is 12.4. The smallest absolute Gasteiger partial charge is 0.408 e. The molecule has 154 valence electrons. The van der Waals surface area contributed by atoms with Crippen LogP contribution in [0.1, 0.15) is 11.1 Å². The lowest BCUT2D eigenvalue weighted by Crippen LogP contribution is -2.54. The van der Waals surface area contributed by atoms with Crippen LogP contribution in [0.3, 0.4) is 0 Å². The number of hydrogen-bond acceptors (Lipinski definition) is 5. The van der Waals surface area contributed by atoms with Crippen molar-refractivity contribution in [1.82, 2.24) is 10.6 Å². The minimum atomic E-state index is -1.30. The van der Waals surface area contributed by atoms with Gasteiger partial charge in [0.1, 0.15) is 18.7 Å². The van der Waals surface area contributed by atoms with Crippen LogP contribution in [0, 0.1) is 0 Å². The predicted molar refractivity (Wildman–Crippen MR) is 107 cm³/mol. The molecule has 0 saturated heterocycles. The predicted octanol–water partition coefficient (Wildman–Crippen LogP) is 1.14. The van der Waals surface area contributed by atoms with Gasteiger partial charge in [0.05, 0.1) is 6.61 Å². The number of carbonyl (C=O) groups excluding carboxylic acids is 3. The Morgan fingerprint density at radius 1 is 0.966 bits per heavy atom. The lowest BCUT2D eigenvalue weighted by atomic mass is 10.1. The minimum absolute atomic E-state index is 0.00686. The Labute approximate surface area is 173 Å². The molecule has 2 aromatic carbocycles. The topological polar surface area (TPSA) is 131 Å². The summed E-state index contributed by atoms with van der Waals surface area (Å²) in [4.78, 5) is 36.0. The summed E-state index contributed by atoms with van der Waals surface area (Å²) < 4.78 is 5.02. The van der Waals surface area contributed by atoms with E-state index in [0.29, 0.717) is 5.02 Å². The molecule has 3 amide bonds. The fourth-order valence-electron chi connectivity index (χ4n) is 2.45. The van der Waals surface area contributed by atoms with E-state index in [9.17, 15) is 19.5 Å². The van der Waals surface area contributed by atoms with Crippen LogP contribution < -0.4 is 16.4 Å². The minimum Gasteiger partial charge on any atom is -0.445 e. The summed E-state index contributed by atoms with van der Waals surface area (Å²) in [5, 5.41) is 14.7. The second-order valence-corrected chi connectivity index (χ2v) is 6.67. The van der Waals surface area contributed by atoms with Crippen LogP contribution in [0.4, 0.5) is 4.79 Å². The first-order valence-corrected chi connectivity index (χ1v) is 9.19. The van der Waals surface area contributed by atoms with Crippen molar-refractivity contribution >= 4 is 29.5 Å². The van der Waals surface area contributed by atoms with Gasteiger partial charge in [0.15, 0.2) is 0 Å². The molecule has 0 heterocycles. The largest absolute Gasteiger partial charge is 0.445 e. The molecule has 0 unspecified atom stereocenters. The third-order valence-electron chi connectivity index (χ3n) is 4.02. The second kappa shape index (κ2) is 11.0. The third kappa shape index (κ3) is 7.44. The van der Waals surface area contributed by atoms with Crippen molar-refractivity contribution in [2.45, 2.75) is 25.1 Å². The van der Waals surface area contributed by atoms with Gasteiger partial charge in [0, 0.05) is 11.4 Å². The van der Waals surface area contributed by atoms with Crippen molar-refractivity contribution in [1.29, 1.82) is 0 Å². The van der Waals surface area contributed by atoms with Gasteiger partial charge in [0.25, 0.3) is 0 Å². The highest BCUT2D eigenvalue weighted by Crippen LogP contribution is 2.11. The van der Waals surface area contributed by atoms with Crippen LogP contribution in [0.2, 0.25) is 5.02 Å². The number of halogens is 1. The number of hydrogen-bond donors (Lipinski definition) is 4. The lowest BCUT2D eigenvalue weighted by Gasteiger charge is -2.20. The lowest BCUT2D eigenvalue weighted by molar-refractivity contribution is -0.129. The Balaban J connectivity index is 1.91. The zero-order chi connectivity index (χ0) is 21.2. The molecule has 0 aromatic heterocycles.